The minimum atomic E-state index is -0.659. The predicted octanol–water partition coefficient (Wildman–Crippen LogP) is 6.53. The second kappa shape index (κ2) is 9.48. The summed E-state index contributed by atoms with van der Waals surface area (Å²) < 4.78 is 5.58. The number of hydrogen-bond donors (Lipinski definition) is 1. The Balaban J connectivity index is 1.56. The Morgan fingerprint density at radius 1 is 1.14 bits per heavy atom. The molecule has 0 bridgehead atoms. The first-order valence-electron chi connectivity index (χ1n) is 13.4. The van der Waals surface area contributed by atoms with Crippen LogP contribution in [-0.2, 0) is 14.3 Å². The SMILES string of the molecule is CC(=O)O[C@H]1CC[C@@]2(C)C(=CCC3C2CC[C@]2(C)C(=C(\C#N)C(N)=O)/C(=C/c4ccccc4Cl)CC32)C1. The molecule has 0 heterocycles. The van der Waals surface area contributed by atoms with E-state index in [4.69, 9.17) is 22.1 Å². The lowest BCUT2D eigenvalue weighted by atomic mass is 9.47. The van der Waals surface area contributed by atoms with Crippen molar-refractivity contribution in [3.63, 3.8) is 0 Å². The minimum Gasteiger partial charge on any atom is -0.462 e. The standard InChI is InChI=1S/C31H35ClN2O3/c1-18(35)37-22-10-12-30(2)21(16-22)8-9-23-25(30)11-13-31(3)26(23)15-20(28(31)24(17-33)29(34)36)14-19-6-4-5-7-27(19)32/h4-8,14,22-23,25-26H,9-13,15-16H2,1-3H3,(H2,34,36)/b20-14+,28-24+/t22-,23?,25?,26?,30-,31-/m0/s1. The van der Waals surface area contributed by atoms with Crippen molar-refractivity contribution in [2.24, 2.45) is 34.3 Å². The van der Waals surface area contributed by atoms with Crippen LogP contribution < -0.4 is 5.73 Å². The number of allylic oxidation sites excluding steroid dienone is 3. The molecule has 6 atom stereocenters. The molecule has 3 saturated carbocycles. The number of esters is 1. The van der Waals surface area contributed by atoms with E-state index >= 15 is 0 Å². The van der Waals surface area contributed by atoms with Crippen molar-refractivity contribution >= 4 is 29.6 Å². The van der Waals surface area contributed by atoms with E-state index in [0.717, 1.165) is 61.7 Å². The summed E-state index contributed by atoms with van der Waals surface area (Å²) in [5.41, 5.74) is 9.79. The van der Waals surface area contributed by atoms with Crippen molar-refractivity contribution in [2.75, 3.05) is 0 Å². The zero-order valence-electron chi connectivity index (χ0n) is 21.9. The smallest absolute Gasteiger partial charge is 0.302 e. The molecule has 0 aromatic heterocycles. The first-order valence-corrected chi connectivity index (χ1v) is 13.7. The van der Waals surface area contributed by atoms with Crippen molar-refractivity contribution < 1.29 is 14.3 Å². The van der Waals surface area contributed by atoms with Gasteiger partial charge in [0.15, 0.2) is 0 Å². The van der Waals surface area contributed by atoms with Crippen molar-refractivity contribution in [1.82, 2.24) is 0 Å². The molecule has 2 N–H and O–H groups in total. The van der Waals surface area contributed by atoms with Crippen LogP contribution in [0.3, 0.4) is 0 Å². The molecule has 37 heavy (non-hydrogen) atoms. The van der Waals surface area contributed by atoms with E-state index in [1.807, 2.05) is 24.3 Å². The number of nitrogens with two attached hydrogens (primary N) is 1. The first-order chi connectivity index (χ1) is 17.6. The first kappa shape index (κ1) is 25.8. The lowest BCUT2D eigenvalue weighted by Crippen LogP contribution is -2.50. The summed E-state index contributed by atoms with van der Waals surface area (Å²) >= 11 is 6.51. The van der Waals surface area contributed by atoms with Crippen LogP contribution >= 0.6 is 11.6 Å². The van der Waals surface area contributed by atoms with Gasteiger partial charge in [0, 0.05) is 18.4 Å². The molecule has 3 unspecified atom stereocenters. The number of hydrogen-bond acceptors (Lipinski definition) is 4. The molecule has 0 spiro atoms. The van der Waals surface area contributed by atoms with Crippen molar-refractivity contribution in [2.45, 2.75) is 71.8 Å². The molecule has 194 valence electrons. The van der Waals surface area contributed by atoms with Gasteiger partial charge in [-0.1, -0.05) is 55.3 Å². The van der Waals surface area contributed by atoms with Gasteiger partial charge in [0.1, 0.15) is 17.7 Å². The number of carbonyl (C=O) groups excluding carboxylic acids is 2. The number of ether oxygens (including phenoxy) is 1. The number of fused-ring (bicyclic) bond motifs is 5. The molecule has 1 aromatic carbocycles. The molecule has 0 aliphatic heterocycles. The third kappa shape index (κ3) is 4.24. The van der Waals surface area contributed by atoms with E-state index in [1.165, 1.54) is 12.5 Å². The van der Waals surface area contributed by atoms with Gasteiger partial charge in [-0.25, -0.2) is 0 Å². The van der Waals surface area contributed by atoms with E-state index < -0.39 is 5.91 Å². The Bertz CT molecular complexity index is 1290. The predicted molar refractivity (Wildman–Crippen MR) is 144 cm³/mol. The van der Waals surface area contributed by atoms with E-state index in [-0.39, 0.29) is 28.5 Å². The van der Waals surface area contributed by atoms with Gasteiger partial charge in [0.2, 0.25) is 0 Å². The quantitative estimate of drug-likeness (QED) is 0.213. The fraction of sp³-hybridized carbons (Fsp3) is 0.516. The minimum absolute atomic E-state index is 0.0258. The third-order valence-corrected chi connectivity index (χ3v) is 10.3. The van der Waals surface area contributed by atoms with Crippen LogP contribution in [-0.4, -0.2) is 18.0 Å². The Morgan fingerprint density at radius 3 is 2.54 bits per heavy atom. The number of amides is 1. The second-order valence-corrected chi connectivity index (χ2v) is 12.2. The van der Waals surface area contributed by atoms with Crippen LogP contribution in [0.5, 0.6) is 0 Å². The summed E-state index contributed by atoms with van der Waals surface area (Å²) in [6.07, 6.45) is 10.9. The maximum absolute atomic E-state index is 12.5. The molecule has 0 saturated heterocycles. The van der Waals surface area contributed by atoms with Crippen molar-refractivity contribution in [1.29, 1.82) is 5.26 Å². The number of nitriles is 1. The van der Waals surface area contributed by atoms with Crippen LogP contribution in [0.4, 0.5) is 0 Å². The average molecular weight is 519 g/mol. The molecule has 6 heteroatoms. The van der Waals surface area contributed by atoms with E-state index in [9.17, 15) is 14.9 Å². The Kier molecular flexibility index (Phi) is 6.61. The van der Waals surface area contributed by atoms with E-state index in [2.05, 4.69) is 32.1 Å². The molecule has 1 amide bonds. The molecule has 3 fully saturated rings. The fourth-order valence-corrected chi connectivity index (χ4v) is 8.46. The highest BCUT2D eigenvalue weighted by Crippen LogP contribution is 2.67. The molecule has 4 aliphatic carbocycles. The number of halogens is 1. The van der Waals surface area contributed by atoms with Gasteiger partial charge in [-0.3, -0.25) is 9.59 Å². The molecule has 0 radical (unpaired) electrons. The maximum Gasteiger partial charge on any atom is 0.302 e. The zero-order chi connectivity index (χ0) is 26.5. The average Bonchev–Trinajstić information content (AvgIpc) is 3.13. The normalized spacial score (nSPS) is 36.9. The number of benzene rings is 1. The van der Waals surface area contributed by atoms with E-state index in [0.29, 0.717) is 22.8 Å². The number of carbonyl (C=O) groups is 2. The Labute approximate surface area is 224 Å². The number of primary amides is 1. The molecular weight excluding hydrogens is 484 g/mol. The topological polar surface area (TPSA) is 93.2 Å². The molecular formula is C31H35ClN2O3. The highest BCUT2D eigenvalue weighted by atomic mass is 35.5. The van der Waals surface area contributed by atoms with E-state index in [1.54, 1.807) is 0 Å². The van der Waals surface area contributed by atoms with Gasteiger partial charge in [0.25, 0.3) is 5.91 Å². The van der Waals surface area contributed by atoms with Gasteiger partial charge in [-0.2, -0.15) is 5.26 Å². The maximum atomic E-state index is 12.5. The summed E-state index contributed by atoms with van der Waals surface area (Å²) in [5, 5.41) is 10.7. The van der Waals surface area contributed by atoms with Crippen molar-refractivity contribution in [3.8, 4) is 6.07 Å². The number of nitrogens with zero attached hydrogens (tertiary/aromatic N) is 1. The summed E-state index contributed by atoms with van der Waals surface area (Å²) in [4.78, 5) is 24.0. The van der Waals surface area contributed by atoms with Crippen LogP contribution in [0.2, 0.25) is 5.02 Å². The summed E-state index contributed by atoms with van der Waals surface area (Å²) in [6, 6.07) is 9.82. The highest BCUT2D eigenvalue weighted by molar-refractivity contribution is 6.32. The molecule has 1 aromatic rings. The van der Waals surface area contributed by atoms with Gasteiger partial charge in [0.05, 0.1) is 0 Å². The van der Waals surface area contributed by atoms with Crippen LogP contribution in [0, 0.1) is 39.9 Å². The Morgan fingerprint density at radius 2 is 1.86 bits per heavy atom. The molecule has 5 rings (SSSR count). The van der Waals surface area contributed by atoms with Gasteiger partial charge >= 0.3 is 5.97 Å². The van der Waals surface area contributed by atoms with Crippen LogP contribution in [0.25, 0.3) is 6.08 Å². The lowest BCUT2D eigenvalue weighted by molar-refractivity contribution is -0.148. The summed E-state index contributed by atoms with van der Waals surface area (Å²) in [7, 11) is 0. The summed E-state index contributed by atoms with van der Waals surface area (Å²) in [6.45, 7) is 6.12. The summed E-state index contributed by atoms with van der Waals surface area (Å²) in [5.74, 6) is 0.399. The lowest BCUT2D eigenvalue weighted by Gasteiger charge is -2.57. The molecule has 5 nitrogen and oxygen atoms in total. The number of rotatable bonds is 3. The monoisotopic (exact) mass is 518 g/mol. The Hall–Kier alpha value is -2.84. The second-order valence-electron chi connectivity index (χ2n) is 11.8. The van der Waals surface area contributed by atoms with Crippen LogP contribution in [0.1, 0.15) is 71.3 Å². The highest BCUT2D eigenvalue weighted by Gasteiger charge is 2.59. The third-order valence-electron chi connectivity index (χ3n) is 9.96. The molecule has 4 aliphatic rings. The van der Waals surface area contributed by atoms with Crippen LogP contribution in [0.15, 0.2) is 52.6 Å². The van der Waals surface area contributed by atoms with Gasteiger partial charge in [-0.15, -0.1) is 0 Å². The van der Waals surface area contributed by atoms with Gasteiger partial charge < -0.3 is 10.5 Å². The zero-order valence-corrected chi connectivity index (χ0v) is 22.6. The van der Waals surface area contributed by atoms with Crippen molar-refractivity contribution in [3.05, 3.63) is 63.2 Å². The largest absolute Gasteiger partial charge is 0.462 e. The fourth-order valence-electron chi connectivity index (χ4n) is 8.27. The van der Waals surface area contributed by atoms with Gasteiger partial charge in [-0.05, 0) is 96.0 Å².